The van der Waals surface area contributed by atoms with Gasteiger partial charge < -0.3 is 18.9 Å². The minimum atomic E-state index is -2.85. The molecule has 0 heterocycles. The van der Waals surface area contributed by atoms with Crippen molar-refractivity contribution >= 4 is 40.4 Å². The number of nitrogens with zero attached hydrogens (tertiary/aromatic N) is 2. The van der Waals surface area contributed by atoms with Crippen molar-refractivity contribution in [1.82, 2.24) is 0 Å². The van der Waals surface area contributed by atoms with Crippen LogP contribution in [0.4, 0.5) is 5.69 Å². The van der Waals surface area contributed by atoms with Gasteiger partial charge in [-0.2, -0.15) is 4.33 Å². The van der Waals surface area contributed by atoms with Gasteiger partial charge in [0.2, 0.25) is 0 Å². The number of hydrogen-bond donors (Lipinski definition) is 0. The van der Waals surface area contributed by atoms with E-state index in [0.717, 1.165) is 54.3 Å². The van der Waals surface area contributed by atoms with Gasteiger partial charge in [-0.15, -0.1) is 0 Å². The van der Waals surface area contributed by atoms with Crippen LogP contribution in [0, 0.1) is 0 Å². The van der Waals surface area contributed by atoms with Crippen LogP contribution < -0.4 is 43.9 Å². The van der Waals surface area contributed by atoms with E-state index < -0.39 is 11.4 Å². The smallest absolute Gasteiger partial charge is 0.740 e. The van der Waals surface area contributed by atoms with Crippen LogP contribution in [0.2, 0.25) is 0 Å². The molecule has 0 bridgehead atoms. The van der Waals surface area contributed by atoms with Gasteiger partial charge in [-0.1, -0.05) is 72.8 Å². The van der Waals surface area contributed by atoms with Crippen LogP contribution in [0.3, 0.4) is 0 Å². The third-order valence-corrected chi connectivity index (χ3v) is 8.66. The molecule has 4 aromatic rings. The second-order valence-electron chi connectivity index (χ2n) is 10.6. The van der Waals surface area contributed by atoms with Crippen LogP contribution in [0.1, 0.15) is 36.1 Å². The van der Waals surface area contributed by atoms with E-state index in [-0.39, 0.29) is 35.3 Å². The quantitative estimate of drug-likeness (QED) is 0.0494. The van der Waals surface area contributed by atoms with E-state index in [1.807, 2.05) is 60.7 Å². The van der Waals surface area contributed by atoms with E-state index in [4.69, 9.17) is 4.18 Å². The van der Waals surface area contributed by atoms with Crippen molar-refractivity contribution < 1.29 is 61.7 Å². The van der Waals surface area contributed by atoms with Gasteiger partial charge in [-0.05, 0) is 78.6 Å². The number of allylic oxidation sites excluding steroid dienone is 5. The molecule has 48 heavy (non-hydrogen) atoms. The summed E-state index contributed by atoms with van der Waals surface area (Å²) in [6, 6.07) is 33.8. The Kier molecular flexibility index (Phi) is 14.9. The topological polar surface area (TPSA) is 97.1 Å². The maximum atomic E-state index is 11.8. The van der Waals surface area contributed by atoms with Gasteiger partial charge in [-0.25, -0.2) is 8.78 Å². The molecule has 0 aliphatic heterocycles. The molecule has 0 amide bonds. The van der Waals surface area contributed by atoms with Crippen molar-refractivity contribution in [2.75, 3.05) is 18.0 Å². The predicted octanol–water partition coefficient (Wildman–Crippen LogP) is 3.72. The van der Waals surface area contributed by atoms with Crippen molar-refractivity contribution in [3.05, 3.63) is 155 Å². The Hall–Kier alpha value is -3.29. The predicted molar refractivity (Wildman–Crippen MR) is 184 cm³/mol. The summed E-state index contributed by atoms with van der Waals surface area (Å²) in [5.74, 6) is 0.0829. The Morgan fingerprint density at radius 2 is 1.50 bits per heavy atom. The van der Waals surface area contributed by atoms with Gasteiger partial charge in [-0.3, -0.25) is 5.04 Å². The summed E-state index contributed by atoms with van der Waals surface area (Å²) in [4.78, 5) is 2.72. The average molecular weight is 691 g/mol. The van der Waals surface area contributed by atoms with Gasteiger partial charge >= 0.3 is 29.6 Å². The summed E-state index contributed by atoms with van der Waals surface area (Å²) in [7, 11) is 0. The van der Waals surface area contributed by atoms with Crippen LogP contribution in [0.5, 0.6) is 5.75 Å². The molecule has 0 N–H and O–H groups in total. The fourth-order valence-corrected chi connectivity index (χ4v) is 6.16. The van der Waals surface area contributed by atoms with Crippen LogP contribution in [-0.4, -0.2) is 32.1 Å². The molecular formula is C37H35N2NaO6S2. The Labute approximate surface area is 310 Å². The zero-order valence-corrected chi connectivity index (χ0v) is 30.7. The first-order valence-corrected chi connectivity index (χ1v) is 16.9. The molecule has 11 heteroatoms. The Morgan fingerprint density at radius 3 is 2.08 bits per heavy atom. The van der Waals surface area contributed by atoms with Crippen molar-refractivity contribution in [3.8, 4) is 5.75 Å². The molecule has 5 rings (SSSR count). The van der Waals surface area contributed by atoms with Crippen molar-refractivity contribution in [2.24, 2.45) is 0 Å². The molecule has 8 nitrogen and oxygen atoms in total. The number of rotatable bonds is 14. The van der Waals surface area contributed by atoms with Crippen molar-refractivity contribution in [1.29, 1.82) is 0 Å². The van der Waals surface area contributed by atoms with E-state index in [0.29, 0.717) is 22.5 Å². The van der Waals surface area contributed by atoms with Crippen molar-refractivity contribution in [3.63, 3.8) is 0 Å². The molecule has 1 aliphatic carbocycles. The summed E-state index contributed by atoms with van der Waals surface area (Å²) < 4.78 is 35.6. The van der Waals surface area contributed by atoms with Crippen LogP contribution in [0.15, 0.2) is 138 Å². The Morgan fingerprint density at radius 1 is 0.854 bits per heavy atom. The number of hydrogen-bond acceptors (Lipinski definition) is 8. The van der Waals surface area contributed by atoms with E-state index in [2.05, 4.69) is 81.2 Å². The second-order valence-corrected chi connectivity index (χ2v) is 12.0. The van der Waals surface area contributed by atoms with Crippen molar-refractivity contribution in [2.45, 2.75) is 31.8 Å². The average Bonchev–Trinajstić information content (AvgIpc) is 3.11. The number of anilines is 1. The molecular weight excluding hydrogens is 656 g/mol. The summed E-state index contributed by atoms with van der Waals surface area (Å²) in [5, 5.41) is 13.9. The molecule has 1 atom stereocenters. The Balaban J connectivity index is 0.00000520. The zero-order chi connectivity index (χ0) is 33.0. The monoisotopic (exact) mass is 690 g/mol. The molecule has 0 spiro atoms. The van der Waals surface area contributed by atoms with Crippen LogP contribution in [-0.2, 0) is 33.8 Å². The molecule has 1 unspecified atom stereocenters. The minimum Gasteiger partial charge on any atom is -0.740 e. The third kappa shape index (κ3) is 10.1. The zero-order valence-electron chi connectivity index (χ0n) is 27.1. The first-order chi connectivity index (χ1) is 23.0. The normalized spacial score (nSPS) is 12.8. The fourth-order valence-electron chi connectivity index (χ4n) is 5.49. The summed E-state index contributed by atoms with van der Waals surface area (Å²) >= 11 is -2.20. The van der Waals surface area contributed by atoms with Crippen LogP contribution >= 0.6 is 12.0 Å². The van der Waals surface area contributed by atoms with Gasteiger partial charge in [0.25, 0.3) is 0 Å². The molecule has 242 valence electrons. The van der Waals surface area contributed by atoms with E-state index in [9.17, 15) is 14.0 Å². The molecule has 0 saturated carbocycles. The SMILES string of the molecule is CCN(Cc1ccccc1)c1ccc(C(=C2C=CC(=[N+](CC)Cc3ccccc3)C=C2)c2ccc(SOO[O-])cc2OS(=O)[O-])cc1.[Na+]. The number of benzene rings is 4. The van der Waals surface area contributed by atoms with Gasteiger partial charge in [0.05, 0.1) is 12.0 Å². The molecule has 0 fully saturated rings. The van der Waals surface area contributed by atoms with E-state index in [1.54, 1.807) is 12.1 Å². The summed E-state index contributed by atoms with van der Waals surface area (Å²) in [6.07, 6.45) is 8.22. The maximum absolute atomic E-state index is 11.8. The van der Waals surface area contributed by atoms with E-state index in [1.165, 1.54) is 17.2 Å². The molecule has 1 aliphatic rings. The molecule has 0 radical (unpaired) electrons. The third-order valence-electron chi connectivity index (χ3n) is 7.78. The first kappa shape index (κ1) is 37.5. The van der Waals surface area contributed by atoms with E-state index >= 15 is 0 Å². The molecule has 4 aromatic carbocycles. The molecule has 0 saturated heterocycles. The van der Waals surface area contributed by atoms with Gasteiger partial charge in [0.15, 0.2) is 12.3 Å². The summed E-state index contributed by atoms with van der Waals surface area (Å²) in [6.45, 7) is 7.44. The fraction of sp³-hybridized carbons (Fsp3) is 0.162. The second kappa shape index (κ2) is 19.0. The Bertz CT molecular complexity index is 1780. The first-order valence-electron chi connectivity index (χ1n) is 15.2. The van der Waals surface area contributed by atoms with Gasteiger partial charge in [0.1, 0.15) is 23.7 Å². The van der Waals surface area contributed by atoms with Gasteiger partial charge in [0, 0.05) is 47.0 Å². The maximum Gasteiger partial charge on any atom is 1.00 e. The molecule has 0 aromatic heterocycles. The largest absolute Gasteiger partial charge is 1.00 e. The minimum absolute atomic E-state index is 0. The summed E-state index contributed by atoms with van der Waals surface area (Å²) in [5.41, 5.74) is 7.63. The standard InChI is InChI=1S/C37H36N2O6S2.Na/c1-3-38(26-28-11-7-5-8-12-28)32-19-15-30(16-20-32)37(35-24-23-34(46-45-44-40)25-36(35)43-47(41)42)31-17-21-33(22-18-31)39(4-2)27-29-13-9-6-10-14-29;/h5-25H,3-4,26-27H2,1-2H3,(H-,40,41,42);/q;+1/p-1. The van der Waals surface area contributed by atoms with Crippen LogP contribution in [0.25, 0.3) is 5.57 Å².